The van der Waals surface area contributed by atoms with Crippen molar-refractivity contribution in [3.63, 3.8) is 0 Å². The van der Waals surface area contributed by atoms with E-state index in [0.29, 0.717) is 12.1 Å². The van der Waals surface area contributed by atoms with Crippen LogP contribution < -0.4 is 11.1 Å². The Bertz CT molecular complexity index is 655. The molecule has 0 fully saturated rings. The number of anilines is 1. The molecule has 3 rings (SSSR count). The number of hydrogen-bond acceptors (Lipinski definition) is 3. The number of primary amides is 1. The lowest BCUT2D eigenvalue weighted by atomic mass is 9.97. The first-order valence-corrected chi connectivity index (χ1v) is 7.07. The summed E-state index contributed by atoms with van der Waals surface area (Å²) in [5.74, 6) is -0.419. The summed E-state index contributed by atoms with van der Waals surface area (Å²) in [6, 6.07) is 15.6. The van der Waals surface area contributed by atoms with Crippen LogP contribution in [0.15, 0.2) is 48.5 Å². The molecule has 4 heteroatoms. The molecular formula is C17H18N2O2. The van der Waals surface area contributed by atoms with Gasteiger partial charge in [0, 0.05) is 17.8 Å². The highest BCUT2D eigenvalue weighted by molar-refractivity contribution is 5.93. The predicted molar refractivity (Wildman–Crippen MR) is 82.3 cm³/mol. The first-order chi connectivity index (χ1) is 10.2. The molecule has 0 saturated heterocycles. The number of hydrogen-bond donors (Lipinski definition) is 2. The molecule has 3 N–H and O–H groups in total. The molecule has 0 radical (unpaired) electrons. The third-order valence-corrected chi connectivity index (χ3v) is 3.73. The van der Waals surface area contributed by atoms with Crippen LogP contribution >= 0.6 is 0 Å². The van der Waals surface area contributed by atoms with Crippen LogP contribution in [0.2, 0.25) is 0 Å². The van der Waals surface area contributed by atoms with Crippen molar-refractivity contribution in [2.45, 2.75) is 12.5 Å². The molecule has 0 saturated carbocycles. The Morgan fingerprint density at radius 3 is 2.95 bits per heavy atom. The lowest BCUT2D eigenvalue weighted by Crippen LogP contribution is -2.22. The number of carbonyl (C=O) groups excluding carboxylic acids is 1. The van der Waals surface area contributed by atoms with Crippen LogP contribution in [0.1, 0.15) is 27.6 Å². The standard InChI is InChI=1S/C17H18N2O2/c18-17(20)13-5-3-6-14(10-13)19-11-16-15-7-2-1-4-12(15)8-9-21-16/h1-7,10,16,19H,8-9,11H2,(H2,18,20). The van der Waals surface area contributed by atoms with Gasteiger partial charge in [0.1, 0.15) is 0 Å². The number of benzene rings is 2. The van der Waals surface area contributed by atoms with E-state index in [1.807, 2.05) is 18.2 Å². The highest BCUT2D eigenvalue weighted by atomic mass is 16.5. The Labute approximate surface area is 123 Å². The van der Waals surface area contributed by atoms with Gasteiger partial charge >= 0.3 is 0 Å². The second kappa shape index (κ2) is 5.97. The largest absolute Gasteiger partial charge is 0.382 e. The van der Waals surface area contributed by atoms with Crippen LogP contribution in [-0.4, -0.2) is 19.1 Å². The maximum Gasteiger partial charge on any atom is 0.248 e. The predicted octanol–water partition coefficient (Wildman–Crippen LogP) is 2.51. The van der Waals surface area contributed by atoms with Crippen LogP contribution in [-0.2, 0) is 11.2 Å². The van der Waals surface area contributed by atoms with Gasteiger partial charge in [-0.2, -0.15) is 0 Å². The smallest absolute Gasteiger partial charge is 0.248 e. The molecule has 108 valence electrons. The van der Waals surface area contributed by atoms with E-state index >= 15 is 0 Å². The van der Waals surface area contributed by atoms with Crippen LogP contribution in [0, 0.1) is 0 Å². The summed E-state index contributed by atoms with van der Waals surface area (Å²) in [5, 5.41) is 3.32. The Morgan fingerprint density at radius 1 is 1.24 bits per heavy atom. The fraction of sp³-hybridized carbons (Fsp3) is 0.235. The lowest BCUT2D eigenvalue weighted by molar-refractivity contribution is 0.0513. The molecule has 1 unspecified atom stereocenters. The molecule has 1 amide bonds. The maximum absolute atomic E-state index is 11.2. The molecule has 1 aliphatic rings. The van der Waals surface area contributed by atoms with Crippen molar-refractivity contribution in [3.8, 4) is 0 Å². The normalized spacial score (nSPS) is 17.0. The zero-order valence-electron chi connectivity index (χ0n) is 11.7. The number of ether oxygens (including phenoxy) is 1. The molecule has 0 aliphatic carbocycles. The van der Waals surface area contributed by atoms with Gasteiger partial charge in [0.2, 0.25) is 5.91 Å². The van der Waals surface area contributed by atoms with Gasteiger partial charge in [-0.05, 0) is 35.7 Å². The number of nitrogens with two attached hydrogens (primary N) is 1. The summed E-state index contributed by atoms with van der Waals surface area (Å²) in [5.41, 5.74) is 9.26. The summed E-state index contributed by atoms with van der Waals surface area (Å²) in [4.78, 5) is 11.2. The zero-order valence-corrected chi connectivity index (χ0v) is 11.7. The molecule has 2 aromatic carbocycles. The van der Waals surface area contributed by atoms with E-state index in [4.69, 9.17) is 10.5 Å². The Kier molecular flexibility index (Phi) is 3.88. The molecule has 1 atom stereocenters. The maximum atomic E-state index is 11.2. The van der Waals surface area contributed by atoms with E-state index in [-0.39, 0.29) is 6.10 Å². The second-order valence-electron chi connectivity index (χ2n) is 5.13. The van der Waals surface area contributed by atoms with Crippen molar-refractivity contribution >= 4 is 11.6 Å². The van der Waals surface area contributed by atoms with Crippen LogP contribution in [0.25, 0.3) is 0 Å². The molecule has 2 aromatic rings. The van der Waals surface area contributed by atoms with Gasteiger partial charge in [-0.25, -0.2) is 0 Å². The van der Waals surface area contributed by atoms with Gasteiger partial charge in [-0.3, -0.25) is 4.79 Å². The van der Waals surface area contributed by atoms with Crippen molar-refractivity contribution in [1.82, 2.24) is 0 Å². The zero-order chi connectivity index (χ0) is 14.7. The third kappa shape index (κ3) is 3.06. The van der Waals surface area contributed by atoms with E-state index in [2.05, 4.69) is 23.5 Å². The van der Waals surface area contributed by atoms with E-state index in [0.717, 1.165) is 18.7 Å². The van der Waals surface area contributed by atoms with Gasteiger partial charge in [0.25, 0.3) is 0 Å². The van der Waals surface area contributed by atoms with Crippen molar-refractivity contribution < 1.29 is 9.53 Å². The topological polar surface area (TPSA) is 64.4 Å². The minimum Gasteiger partial charge on any atom is -0.382 e. The number of rotatable bonds is 4. The number of carbonyl (C=O) groups is 1. The van der Waals surface area contributed by atoms with Gasteiger partial charge in [0.15, 0.2) is 0 Å². The van der Waals surface area contributed by atoms with Gasteiger partial charge < -0.3 is 15.8 Å². The van der Waals surface area contributed by atoms with Crippen molar-refractivity contribution in [2.24, 2.45) is 5.73 Å². The van der Waals surface area contributed by atoms with Gasteiger partial charge in [-0.15, -0.1) is 0 Å². The monoisotopic (exact) mass is 282 g/mol. The second-order valence-corrected chi connectivity index (χ2v) is 5.13. The molecule has 0 aromatic heterocycles. The van der Waals surface area contributed by atoms with Crippen molar-refractivity contribution in [3.05, 3.63) is 65.2 Å². The van der Waals surface area contributed by atoms with Gasteiger partial charge in [-0.1, -0.05) is 30.3 Å². The first-order valence-electron chi connectivity index (χ1n) is 7.07. The molecule has 0 bridgehead atoms. The van der Waals surface area contributed by atoms with E-state index in [9.17, 15) is 4.79 Å². The first kappa shape index (κ1) is 13.6. The quantitative estimate of drug-likeness (QED) is 0.905. The Balaban J connectivity index is 1.71. The summed E-state index contributed by atoms with van der Waals surface area (Å²) < 4.78 is 5.85. The molecule has 0 spiro atoms. The Morgan fingerprint density at radius 2 is 2.10 bits per heavy atom. The average Bonchev–Trinajstić information content (AvgIpc) is 2.53. The fourth-order valence-electron chi connectivity index (χ4n) is 2.64. The summed E-state index contributed by atoms with van der Waals surface area (Å²) in [6.07, 6.45) is 0.997. The summed E-state index contributed by atoms with van der Waals surface area (Å²) in [6.45, 7) is 1.41. The summed E-state index contributed by atoms with van der Waals surface area (Å²) >= 11 is 0. The number of amides is 1. The minimum atomic E-state index is -0.419. The molecule has 1 heterocycles. The Hall–Kier alpha value is -2.33. The summed E-state index contributed by atoms with van der Waals surface area (Å²) in [7, 11) is 0. The third-order valence-electron chi connectivity index (χ3n) is 3.73. The fourth-order valence-corrected chi connectivity index (χ4v) is 2.64. The number of fused-ring (bicyclic) bond motifs is 1. The lowest BCUT2D eigenvalue weighted by Gasteiger charge is -2.26. The van der Waals surface area contributed by atoms with E-state index in [1.165, 1.54) is 11.1 Å². The highest BCUT2D eigenvalue weighted by Gasteiger charge is 2.19. The van der Waals surface area contributed by atoms with Crippen molar-refractivity contribution in [2.75, 3.05) is 18.5 Å². The molecular weight excluding hydrogens is 264 g/mol. The van der Waals surface area contributed by atoms with E-state index < -0.39 is 5.91 Å². The SMILES string of the molecule is NC(=O)c1cccc(NCC2OCCc3ccccc32)c1. The highest BCUT2D eigenvalue weighted by Crippen LogP contribution is 2.27. The minimum absolute atomic E-state index is 0.0344. The number of nitrogens with one attached hydrogen (secondary N) is 1. The molecule has 21 heavy (non-hydrogen) atoms. The average molecular weight is 282 g/mol. The van der Waals surface area contributed by atoms with Crippen LogP contribution in [0.4, 0.5) is 5.69 Å². The molecule has 1 aliphatic heterocycles. The van der Waals surface area contributed by atoms with Crippen LogP contribution in [0.3, 0.4) is 0 Å². The van der Waals surface area contributed by atoms with Crippen molar-refractivity contribution in [1.29, 1.82) is 0 Å². The van der Waals surface area contributed by atoms with Crippen LogP contribution in [0.5, 0.6) is 0 Å². The van der Waals surface area contributed by atoms with Gasteiger partial charge in [0.05, 0.1) is 12.7 Å². The molecule has 4 nitrogen and oxygen atoms in total. The van der Waals surface area contributed by atoms with E-state index in [1.54, 1.807) is 12.1 Å².